The monoisotopic (exact) mass is 210 g/mol. The second-order valence-corrected chi connectivity index (χ2v) is 2.89. The minimum atomic E-state index is -0.525. The lowest BCUT2D eigenvalue weighted by molar-refractivity contribution is -0.706. The van der Waals surface area contributed by atoms with Crippen LogP contribution in [0.15, 0.2) is 18.2 Å². The molecule has 15 heavy (non-hydrogen) atoms. The third-order valence-corrected chi connectivity index (χ3v) is 1.84. The Morgan fingerprint density at radius 1 is 1.60 bits per heavy atom. The zero-order valence-electron chi connectivity index (χ0n) is 8.30. The number of hydrogen-bond acceptors (Lipinski definition) is 4. The van der Waals surface area contributed by atoms with Gasteiger partial charge in [-0.2, -0.15) is 0 Å². The number of benzene rings is 1. The standard InChI is InChI=1S/C9H12N3O3/c1-3-10-8-5-4-7(12(14)15)6-9(8)11(2)13/h4-6,10,13H,2-3H2,1H3/q+1. The molecule has 2 N–H and O–H groups in total. The number of anilines is 1. The summed E-state index contributed by atoms with van der Waals surface area (Å²) in [7, 11) is 0. The maximum Gasteiger partial charge on any atom is 0.286 e. The number of non-ortho nitro benzene ring substituents is 1. The second kappa shape index (κ2) is 4.41. The normalized spacial score (nSPS) is 9.67. The van der Waals surface area contributed by atoms with E-state index in [4.69, 9.17) is 0 Å². The number of nitrogens with zero attached hydrogens (tertiary/aromatic N) is 2. The molecule has 0 fully saturated rings. The Balaban J connectivity index is 3.20. The van der Waals surface area contributed by atoms with Crippen molar-refractivity contribution in [3.63, 3.8) is 0 Å². The zero-order chi connectivity index (χ0) is 11.4. The smallest absolute Gasteiger partial charge is 0.286 e. The summed E-state index contributed by atoms with van der Waals surface area (Å²) in [4.78, 5) is 9.98. The summed E-state index contributed by atoms with van der Waals surface area (Å²) in [6.45, 7) is 5.81. The summed E-state index contributed by atoms with van der Waals surface area (Å²) >= 11 is 0. The van der Waals surface area contributed by atoms with Gasteiger partial charge in [0, 0.05) is 17.3 Å². The van der Waals surface area contributed by atoms with Crippen LogP contribution in [0.3, 0.4) is 0 Å². The number of nitro groups is 1. The van der Waals surface area contributed by atoms with E-state index in [1.54, 1.807) is 0 Å². The molecule has 1 aromatic rings. The Bertz CT molecular complexity index is 404. The van der Waals surface area contributed by atoms with Crippen LogP contribution in [0.2, 0.25) is 0 Å². The first-order chi connectivity index (χ1) is 7.06. The molecule has 6 nitrogen and oxygen atoms in total. The van der Waals surface area contributed by atoms with E-state index in [1.807, 2.05) is 6.92 Å². The molecule has 0 aliphatic heterocycles. The van der Waals surface area contributed by atoms with Crippen LogP contribution in [0, 0.1) is 10.1 Å². The van der Waals surface area contributed by atoms with Crippen molar-refractivity contribution in [2.24, 2.45) is 0 Å². The molecule has 0 unspecified atom stereocenters. The molecular weight excluding hydrogens is 198 g/mol. The van der Waals surface area contributed by atoms with Gasteiger partial charge in [0.05, 0.1) is 11.0 Å². The van der Waals surface area contributed by atoms with Crippen LogP contribution < -0.4 is 5.32 Å². The van der Waals surface area contributed by atoms with E-state index in [1.165, 1.54) is 18.2 Å². The molecule has 1 rings (SSSR count). The van der Waals surface area contributed by atoms with Crippen molar-refractivity contribution in [3.05, 3.63) is 28.3 Å². The van der Waals surface area contributed by atoms with Gasteiger partial charge in [-0.3, -0.25) is 15.3 Å². The number of nitro benzene ring substituents is 1. The highest BCUT2D eigenvalue weighted by molar-refractivity contribution is 5.65. The third kappa shape index (κ3) is 2.43. The molecule has 0 aliphatic carbocycles. The fourth-order valence-corrected chi connectivity index (χ4v) is 1.19. The summed E-state index contributed by atoms with van der Waals surface area (Å²) in [5, 5.41) is 22.7. The molecule has 80 valence electrons. The van der Waals surface area contributed by atoms with Crippen LogP contribution in [0.1, 0.15) is 6.92 Å². The molecule has 0 radical (unpaired) electrons. The lowest BCUT2D eigenvalue weighted by atomic mass is 10.2. The van der Waals surface area contributed by atoms with Gasteiger partial charge in [0.15, 0.2) is 6.72 Å². The largest absolute Gasteiger partial charge is 0.380 e. The van der Waals surface area contributed by atoms with Gasteiger partial charge in [-0.15, -0.1) is 0 Å². The van der Waals surface area contributed by atoms with Gasteiger partial charge >= 0.3 is 0 Å². The lowest BCUT2D eigenvalue weighted by Gasteiger charge is -2.03. The van der Waals surface area contributed by atoms with Crippen LogP contribution in [-0.2, 0) is 0 Å². The highest BCUT2D eigenvalue weighted by Gasteiger charge is 2.17. The molecule has 6 heteroatoms. The van der Waals surface area contributed by atoms with Crippen LogP contribution in [-0.4, -0.2) is 28.1 Å². The molecule has 0 bridgehead atoms. The van der Waals surface area contributed by atoms with Crippen LogP contribution in [0.25, 0.3) is 0 Å². The first-order valence-corrected chi connectivity index (χ1v) is 4.38. The Labute approximate surface area is 86.6 Å². The molecule has 0 heterocycles. The highest BCUT2D eigenvalue weighted by Crippen LogP contribution is 2.27. The molecule has 0 saturated carbocycles. The number of hydrogen-bond donors (Lipinski definition) is 2. The lowest BCUT2D eigenvalue weighted by Crippen LogP contribution is -2.03. The molecule has 0 atom stereocenters. The minimum absolute atomic E-state index is 0.0886. The van der Waals surface area contributed by atoms with Crippen molar-refractivity contribution in [2.75, 3.05) is 11.9 Å². The number of nitrogens with one attached hydrogen (secondary N) is 1. The quantitative estimate of drug-likeness (QED) is 0.261. The van der Waals surface area contributed by atoms with Crippen LogP contribution >= 0.6 is 0 Å². The molecule has 0 aromatic heterocycles. The predicted molar refractivity (Wildman–Crippen MR) is 56.1 cm³/mol. The van der Waals surface area contributed by atoms with Gasteiger partial charge in [-0.25, -0.2) is 0 Å². The third-order valence-electron chi connectivity index (χ3n) is 1.84. The van der Waals surface area contributed by atoms with Gasteiger partial charge in [-0.05, 0) is 13.0 Å². The first kappa shape index (κ1) is 11.0. The van der Waals surface area contributed by atoms with Gasteiger partial charge in [0.2, 0.25) is 0 Å². The maximum atomic E-state index is 10.5. The summed E-state index contributed by atoms with van der Waals surface area (Å²) in [6, 6.07) is 4.15. The van der Waals surface area contributed by atoms with E-state index in [2.05, 4.69) is 12.0 Å². The van der Waals surface area contributed by atoms with Crippen molar-refractivity contribution < 1.29 is 14.9 Å². The summed E-state index contributed by atoms with van der Waals surface area (Å²) in [5.74, 6) is 0. The SMILES string of the molecule is C=[N+](O)c1cc([N+](=O)[O-])ccc1NCC. The highest BCUT2D eigenvalue weighted by atomic mass is 16.6. The fraction of sp³-hybridized carbons (Fsp3) is 0.222. The van der Waals surface area contributed by atoms with E-state index >= 15 is 0 Å². The molecule has 0 spiro atoms. The van der Waals surface area contributed by atoms with Crippen molar-refractivity contribution in [1.82, 2.24) is 0 Å². The minimum Gasteiger partial charge on any atom is -0.380 e. The van der Waals surface area contributed by atoms with Gasteiger partial charge < -0.3 is 5.32 Å². The fourth-order valence-electron chi connectivity index (χ4n) is 1.19. The van der Waals surface area contributed by atoms with Crippen molar-refractivity contribution in [2.45, 2.75) is 6.92 Å². The average molecular weight is 210 g/mol. The topological polar surface area (TPSA) is 78.4 Å². The van der Waals surface area contributed by atoms with E-state index < -0.39 is 4.92 Å². The molecular formula is C9H12N3O3+. The summed E-state index contributed by atoms with van der Waals surface area (Å²) < 4.78 is 0.602. The van der Waals surface area contributed by atoms with E-state index in [0.29, 0.717) is 17.0 Å². The average Bonchev–Trinajstić information content (AvgIpc) is 2.18. The zero-order valence-corrected chi connectivity index (χ0v) is 8.30. The Morgan fingerprint density at radius 3 is 2.73 bits per heavy atom. The van der Waals surface area contributed by atoms with Crippen LogP contribution in [0.5, 0.6) is 0 Å². The van der Waals surface area contributed by atoms with Crippen molar-refractivity contribution >= 4 is 23.8 Å². The van der Waals surface area contributed by atoms with E-state index in [-0.39, 0.29) is 11.4 Å². The predicted octanol–water partition coefficient (Wildman–Crippen LogP) is 1.76. The van der Waals surface area contributed by atoms with Gasteiger partial charge in [0.1, 0.15) is 5.69 Å². The first-order valence-electron chi connectivity index (χ1n) is 4.38. The molecule has 0 saturated heterocycles. The van der Waals surface area contributed by atoms with Crippen molar-refractivity contribution in [3.8, 4) is 0 Å². The van der Waals surface area contributed by atoms with Gasteiger partial charge in [0.25, 0.3) is 11.4 Å². The molecule has 0 aliphatic rings. The van der Waals surface area contributed by atoms with E-state index in [0.717, 1.165) is 0 Å². The Hall–Kier alpha value is -2.11. The summed E-state index contributed by atoms with van der Waals surface area (Å²) in [5.41, 5.74) is 0.779. The van der Waals surface area contributed by atoms with Crippen molar-refractivity contribution in [1.29, 1.82) is 0 Å². The Morgan fingerprint density at radius 2 is 2.27 bits per heavy atom. The Kier molecular flexibility index (Phi) is 3.22. The molecule has 1 aromatic carbocycles. The summed E-state index contributed by atoms with van der Waals surface area (Å²) in [6.07, 6.45) is 0. The maximum absolute atomic E-state index is 10.5. The van der Waals surface area contributed by atoms with E-state index in [9.17, 15) is 15.3 Å². The van der Waals surface area contributed by atoms with Crippen LogP contribution in [0.4, 0.5) is 17.1 Å². The molecule has 0 amide bonds. The number of rotatable bonds is 4. The second-order valence-electron chi connectivity index (χ2n) is 2.89. The van der Waals surface area contributed by atoms with Gasteiger partial charge in [-0.1, -0.05) is 0 Å².